The number of fused-ring (bicyclic) bond motifs is 1. The molecule has 3 aromatic carbocycles. The number of hydrogen-bond acceptors (Lipinski definition) is 5. The van der Waals surface area contributed by atoms with E-state index in [1.54, 1.807) is 71.6 Å². The van der Waals surface area contributed by atoms with Gasteiger partial charge in [0.15, 0.2) is 0 Å². The summed E-state index contributed by atoms with van der Waals surface area (Å²) >= 11 is 0. The minimum Gasteiger partial charge on any atom is -0.314 e. The highest BCUT2D eigenvalue weighted by molar-refractivity contribution is 7.96. The average molecular weight is 400 g/mol. The largest absolute Gasteiger partial charge is 0.314 e. The van der Waals surface area contributed by atoms with Crippen LogP contribution in [-0.4, -0.2) is 14.2 Å². The van der Waals surface area contributed by atoms with Crippen LogP contribution in [0.15, 0.2) is 88.8 Å². The predicted octanol–water partition coefficient (Wildman–Crippen LogP) is 4.52. The zero-order chi connectivity index (χ0) is 20.6. The number of hydrogen-bond donors (Lipinski definition) is 0. The fourth-order valence-electron chi connectivity index (χ4n) is 3.20. The zero-order valence-electron chi connectivity index (χ0n) is 15.5. The molecule has 0 N–H and O–H groups in total. The van der Waals surface area contributed by atoms with E-state index in [0.717, 1.165) is 5.56 Å². The Morgan fingerprint density at radius 3 is 2.24 bits per heavy atom. The summed E-state index contributed by atoms with van der Waals surface area (Å²) in [4.78, 5) is 14.5. The van der Waals surface area contributed by atoms with E-state index in [1.807, 2.05) is 6.92 Å². The Labute approximate surface area is 169 Å². The molecule has 0 saturated heterocycles. The molecule has 1 heterocycles. The van der Waals surface area contributed by atoms with E-state index in [1.165, 1.54) is 12.3 Å². The van der Waals surface area contributed by atoms with Crippen LogP contribution in [0.25, 0.3) is 0 Å². The molecular weight excluding hydrogens is 384 g/mol. The summed E-state index contributed by atoms with van der Waals surface area (Å²) in [7, 11) is -3.98. The second kappa shape index (κ2) is 7.04. The zero-order valence-corrected chi connectivity index (χ0v) is 16.3. The number of anilines is 2. The fourth-order valence-corrected chi connectivity index (χ4v) is 4.74. The van der Waals surface area contributed by atoms with E-state index in [2.05, 4.69) is 6.07 Å². The normalized spacial score (nSPS) is 14.5. The number of para-hydroxylation sites is 1. The van der Waals surface area contributed by atoms with Crippen LogP contribution in [0.3, 0.4) is 0 Å². The van der Waals surface area contributed by atoms with Crippen LogP contribution < -0.4 is 4.90 Å². The first kappa shape index (κ1) is 18.7. The molecule has 6 heteroatoms. The molecule has 0 aliphatic carbocycles. The number of aryl methyl sites for hydroxylation is 1. The van der Waals surface area contributed by atoms with Crippen LogP contribution in [0.1, 0.15) is 21.5 Å². The van der Waals surface area contributed by atoms with E-state index in [4.69, 9.17) is 5.26 Å². The van der Waals surface area contributed by atoms with Crippen LogP contribution in [0, 0.1) is 18.3 Å². The summed E-state index contributed by atoms with van der Waals surface area (Å²) in [5.74, 6) is -0.557. The third-order valence-electron chi connectivity index (χ3n) is 4.76. The smallest absolute Gasteiger partial charge is 0.214 e. The first-order valence-corrected chi connectivity index (χ1v) is 10.4. The van der Waals surface area contributed by atoms with Gasteiger partial charge in [0.05, 0.1) is 22.2 Å². The Balaban J connectivity index is 1.90. The number of nitrogens with zero attached hydrogens (tertiary/aromatic N) is 2. The highest BCUT2D eigenvalue weighted by Gasteiger charge is 2.35. The van der Waals surface area contributed by atoms with Gasteiger partial charge in [0.1, 0.15) is 4.91 Å². The summed E-state index contributed by atoms with van der Waals surface area (Å²) in [6, 6.07) is 22.2. The first-order valence-electron chi connectivity index (χ1n) is 8.88. The lowest BCUT2D eigenvalue weighted by Gasteiger charge is -2.28. The van der Waals surface area contributed by atoms with Crippen LogP contribution >= 0.6 is 0 Å². The van der Waals surface area contributed by atoms with Crippen LogP contribution in [-0.2, 0) is 9.84 Å². The van der Waals surface area contributed by atoms with Gasteiger partial charge in [-0.3, -0.25) is 4.79 Å². The van der Waals surface area contributed by atoms with E-state index in [0.29, 0.717) is 22.5 Å². The average Bonchev–Trinajstić information content (AvgIpc) is 2.74. The summed E-state index contributed by atoms with van der Waals surface area (Å²) in [6.07, 6.45) is 1.36. The molecule has 142 valence electrons. The summed E-state index contributed by atoms with van der Waals surface area (Å²) in [6.45, 7) is 1.90. The summed E-state index contributed by atoms with van der Waals surface area (Å²) < 4.78 is 26.4. The Bertz CT molecular complexity index is 1280. The molecule has 0 atom stereocenters. The monoisotopic (exact) mass is 400 g/mol. The lowest BCUT2D eigenvalue weighted by molar-refractivity contribution is 0.104. The first-order chi connectivity index (χ1) is 13.9. The number of rotatable bonds is 3. The van der Waals surface area contributed by atoms with Gasteiger partial charge in [-0.2, -0.15) is 5.26 Å². The maximum atomic E-state index is 13.2. The highest BCUT2D eigenvalue weighted by atomic mass is 32.2. The molecule has 0 unspecified atom stereocenters. The Morgan fingerprint density at radius 2 is 1.59 bits per heavy atom. The molecular formula is C23H16N2O3S. The minimum absolute atomic E-state index is 0.0716. The van der Waals surface area contributed by atoms with E-state index >= 15 is 0 Å². The van der Waals surface area contributed by atoms with Gasteiger partial charge in [-0.15, -0.1) is 0 Å². The fraction of sp³-hybridized carbons (Fsp3) is 0.0435. The molecule has 29 heavy (non-hydrogen) atoms. The lowest BCUT2D eigenvalue weighted by Crippen LogP contribution is -2.25. The van der Waals surface area contributed by atoms with Crippen LogP contribution in [0.2, 0.25) is 0 Å². The quantitative estimate of drug-likeness (QED) is 0.604. The van der Waals surface area contributed by atoms with Crippen molar-refractivity contribution in [3.05, 3.63) is 101 Å². The van der Waals surface area contributed by atoms with E-state index < -0.39 is 15.6 Å². The predicted molar refractivity (Wildman–Crippen MR) is 111 cm³/mol. The number of ketones is 1. The number of allylic oxidation sites excluding steroid dienone is 1. The number of carbonyl (C=O) groups excluding carboxylic acids is 1. The van der Waals surface area contributed by atoms with Gasteiger partial charge in [0.2, 0.25) is 15.6 Å². The molecule has 0 fully saturated rings. The summed E-state index contributed by atoms with van der Waals surface area (Å²) in [5, 5.41) is 9.03. The Kier molecular flexibility index (Phi) is 4.53. The molecule has 0 radical (unpaired) electrons. The van der Waals surface area contributed by atoms with Crippen LogP contribution in [0.5, 0.6) is 0 Å². The molecule has 3 aromatic rings. The number of nitriles is 1. The van der Waals surface area contributed by atoms with Crippen LogP contribution in [0.4, 0.5) is 11.4 Å². The molecule has 0 aromatic heterocycles. The minimum atomic E-state index is -3.98. The van der Waals surface area contributed by atoms with Gasteiger partial charge in [-0.1, -0.05) is 42.0 Å². The van der Waals surface area contributed by atoms with Crippen molar-refractivity contribution in [2.75, 3.05) is 4.90 Å². The summed E-state index contributed by atoms with van der Waals surface area (Å²) in [5.41, 5.74) is 2.89. The molecule has 0 amide bonds. The van der Waals surface area contributed by atoms with Crippen molar-refractivity contribution in [2.45, 2.75) is 11.8 Å². The highest BCUT2D eigenvalue weighted by Crippen LogP contribution is 2.40. The van der Waals surface area contributed by atoms with Crippen molar-refractivity contribution in [3.63, 3.8) is 0 Å². The third kappa shape index (κ3) is 3.22. The molecule has 0 spiro atoms. The third-order valence-corrected chi connectivity index (χ3v) is 6.56. The SMILES string of the molecule is Cc1ccc(C(=O)C2=CN(c3ccc(C#N)cc3)c3ccccc3S2(=O)=O)cc1. The van der Waals surface area contributed by atoms with E-state index in [-0.39, 0.29) is 9.80 Å². The Morgan fingerprint density at radius 1 is 0.931 bits per heavy atom. The Hall–Kier alpha value is -3.69. The maximum absolute atomic E-state index is 13.2. The number of benzene rings is 3. The van der Waals surface area contributed by atoms with Gasteiger partial charge in [-0.25, -0.2) is 8.42 Å². The molecule has 1 aliphatic rings. The molecule has 5 nitrogen and oxygen atoms in total. The number of carbonyl (C=O) groups is 1. The molecule has 1 aliphatic heterocycles. The molecule has 4 rings (SSSR count). The van der Waals surface area contributed by atoms with Crippen molar-refractivity contribution in [1.29, 1.82) is 5.26 Å². The van der Waals surface area contributed by atoms with Gasteiger partial charge >= 0.3 is 0 Å². The van der Waals surface area contributed by atoms with Gasteiger partial charge in [0.25, 0.3) is 0 Å². The second-order valence-electron chi connectivity index (χ2n) is 6.69. The van der Waals surface area contributed by atoms with Gasteiger partial charge in [-0.05, 0) is 43.3 Å². The van der Waals surface area contributed by atoms with Crippen molar-refractivity contribution in [1.82, 2.24) is 0 Å². The van der Waals surface area contributed by atoms with Crippen molar-refractivity contribution >= 4 is 27.0 Å². The number of Topliss-reactive ketones (excluding diaryl/α,β-unsaturated/α-hetero) is 1. The molecule has 0 bridgehead atoms. The number of sulfone groups is 1. The topological polar surface area (TPSA) is 78.2 Å². The maximum Gasteiger partial charge on any atom is 0.214 e. The van der Waals surface area contributed by atoms with Gasteiger partial charge < -0.3 is 4.90 Å². The van der Waals surface area contributed by atoms with Crippen molar-refractivity contribution in [3.8, 4) is 6.07 Å². The van der Waals surface area contributed by atoms with Crippen molar-refractivity contribution < 1.29 is 13.2 Å². The van der Waals surface area contributed by atoms with Gasteiger partial charge in [0, 0.05) is 17.5 Å². The molecule has 0 saturated carbocycles. The standard InChI is InChI=1S/C23H16N2O3S/c1-16-6-10-18(11-7-16)23(26)22-15-25(19-12-8-17(14-24)9-13-19)20-4-2-3-5-21(20)29(22,27)28/h2-13,15H,1H3. The second-order valence-corrected chi connectivity index (χ2v) is 8.57. The van der Waals surface area contributed by atoms with E-state index in [9.17, 15) is 13.2 Å². The lowest BCUT2D eigenvalue weighted by atomic mass is 10.1. The van der Waals surface area contributed by atoms with Crippen molar-refractivity contribution in [2.24, 2.45) is 0 Å².